The van der Waals surface area contributed by atoms with E-state index in [2.05, 4.69) is 16.9 Å². The van der Waals surface area contributed by atoms with Crippen molar-refractivity contribution in [1.82, 2.24) is 14.9 Å². The first-order valence-corrected chi connectivity index (χ1v) is 7.88. The minimum atomic E-state index is -0.0353. The van der Waals surface area contributed by atoms with E-state index in [0.29, 0.717) is 5.56 Å². The van der Waals surface area contributed by atoms with Gasteiger partial charge in [0.15, 0.2) is 0 Å². The van der Waals surface area contributed by atoms with Gasteiger partial charge in [-0.15, -0.1) is 11.8 Å². The molecule has 1 amide bonds. The third-order valence-electron chi connectivity index (χ3n) is 3.34. The number of rotatable bonds is 5. The molecule has 1 atom stereocenters. The molecule has 0 aliphatic heterocycles. The molecule has 0 radical (unpaired) electrons. The van der Waals surface area contributed by atoms with E-state index < -0.39 is 0 Å². The summed E-state index contributed by atoms with van der Waals surface area (Å²) < 4.78 is 0. The summed E-state index contributed by atoms with van der Waals surface area (Å²) in [4.78, 5) is 22.6. The summed E-state index contributed by atoms with van der Waals surface area (Å²) in [5.41, 5.74) is 1.62. The van der Waals surface area contributed by atoms with Crippen LogP contribution in [0.5, 0.6) is 0 Å². The lowest BCUT2D eigenvalue weighted by Gasteiger charge is -2.25. The zero-order chi connectivity index (χ0) is 15.2. The van der Waals surface area contributed by atoms with E-state index in [1.165, 1.54) is 0 Å². The van der Waals surface area contributed by atoms with Crippen LogP contribution in [0.2, 0.25) is 0 Å². The van der Waals surface area contributed by atoms with Gasteiger partial charge in [0.25, 0.3) is 5.91 Å². The van der Waals surface area contributed by atoms with Crippen LogP contribution >= 0.6 is 11.8 Å². The zero-order valence-corrected chi connectivity index (χ0v) is 13.3. The van der Waals surface area contributed by atoms with E-state index >= 15 is 0 Å². The Labute approximate surface area is 129 Å². The molecule has 0 aromatic carbocycles. The van der Waals surface area contributed by atoms with Crippen LogP contribution in [0, 0.1) is 0 Å². The molecule has 4 nitrogen and oxygen atoms in total. The molecular weight excluding hydrogens is 282 g/mol. The van der Waals surface area contributed by atoms with E-state index in [1.54, 1.807) is 42.3 Å². The summed E-state index contributed by atoms with van der Waals surface area (Å²) in [5, 5.41) is 0.942. The molecular formula is C16H19N3OS. The van der Waals surface area contributed by atoms with Crippen LogP contribution in [-0.2, 0) is 0 Å². The van der Waals surface area contributed by atoms with Gasteiger partial charge in [-0.2, -0.15) is 0 Å². The summed E-state index contributed by atoms with van der Waals surface area (Å²) in [6.45, 7) is 4.07. The lowest BCUT2D eigenvalue weighted by Crippen LogP contribution is -2.29. The Bertz CT molecular complexity index is 586. The second-order valence-corrected chi connectivity index (χ2v) is 5.98. The van der Waals surface area contributed by atoms with E-state index in [0.717, 1.165) is 16.3 Å². The fraction of sp³-hybridized carbons (Fsp3) is 0.312. The molecule has 2 heterocycles. The molecule has 2 rings (SSSR count). The van der Waals surface area contributed by atoms with Crippen LogP contribution in [0.4, 0.5) is 0 Å². The standard InChI is InChI=1S/C16H19N3OS/c1-4-21-15-8-7-14(11-18-15)16(20)19(3)12(2)13-6-5-9-17-10-13/h5-12H,4H2,1-3H3. The predicted octanol–water partition coefficient (Wildman–Crippen LogP) is 3.42. The van der Waals surface area contributed by atoms with Crippen molar-refractivity contribution in [3.8, 4) is 0 Å². The van der Waals surface area contributed by atoms with Crippen LogP contribution in [0.15, 0.2) is 47.9 Å². The third-order valence-corrected chi connectivity index (χ3v) is 4.17. The van der Waals surface area contributed by atoms with Gasteiger partial charge in [-0.25, -0.2) is 4.98 Å². The largest absolute Gasteiger partial charge is 0.335 e. The van der Waals surface area contributed by atoms with Crippen molar-refractivity contribution < 1.29 is 4.79 Å². The molecule has 0 saturated carbocycles. The Morgan fingerprint density at radius 1 is 1.33 bits per heavy atom. The van der Waals surface area contributed by atoms with Crippen LogP contribution in [-0.4, -0.2) is 33.6 Å². The van der Waals surface area contributed by atoms with E-state index in [4.69, 9.17) is 0 Å². The second-order valence-electron chi connectivity index (χ2n) is 4.70. The molecule has 0 bridgehead atoms. The van der Waals surface area contributed by atoms with Crippen molar-refractivity contribution in [3.05, 3.63) is 54.0 Å². The molecule has 0 spiro atoms. The average molecular weight is 301 g/mol. The van der Waals surface area contributed by atoms with E-state index in [9.17, 15) is 4.79 Å². The Balaban J connectivity index is 2.11. The average Bonchev–Trinajstić information content (AvgIpc) is 2.54. The molecule has 0 aliphatic rings. The maximum absolute atomic E-state index is 12.5. The predicted molar refractivity (Wildman–Crippen MR) is 85.4 cm³/mol. The monoisotopic (exact) mass is 301 g/mol. The SMILES string of the molecule is CCSc1ccc(C(=O)N(C)C(C)c2cccnc2)cn1. The molecule has 1 unspecified atom stereocenters. The van der Waals surface area contributed by atoms with Crippen molar-refractivity contribution in [3.63, 3.8) is 0 Å². The molecule has 0 saturated heterocycles. The minimum Gasteiger partial charge on any atom is -0.335 e. The first kappa shape index (κ1) is 15.5. The van der Waals surface area contributed by atoms with Gasteiger partial charge in [0.1, 0.15) is 0 Å². The normalized spacial score (nSPS) is 12.0. The maximum Gasteiger partial charge on any atom is 0.255 e. The number of amides is 1. The van der Waals surface area contributed by atoms with Gasteiger partial charge >= 0.3 is 0 Å². The molecule has 21 heavy (non-hydrogen) atoms. The number of hydrogen-bond acceptors (Lipinski definition) is 4. The minimum absolute atomic E-state index is 0.0316. The summed E-state index contributed by atoms with van der Waals surface area (Å²) in [6.07, 6.45) is 5.16. The summed E-state index contributed by atoms with van der Waals surface area (Å²) in [6, 6.07) is 7.54. The Hall–Kier alpha value is -1.88. The van der Waals surface area contributed by atoms with Crippen LogP contribution in [0.25, 0.3) is 0 Å². The van der Waals surface area contributed by atoms with Gasteiger partial charge in [-0.3, -0.25) is 9.78 Å². The lowest BCUT2D eigenvalue weighted by atomic mass is 10.1. The highest BCUT2D eigenvalue weighted by atomic mass is 32.2. The van der Waals surface area contributed by atoms with Crippen molar-refractivity contribution in [1.29, 1.82) is 0 Å². The summed E-state index contributed by atoms with van der Waals surface area (Å²) in [5.74, 6) is 0.935. The summed E-state index contributed by atoms with van der Waals surface area (Å²) >= 11 is 1.66. The highest BCUT2D eigenvalue weighted by Gasteiger charge is 2.19. The quantitative estimate of drug-likeness (QED) is 0.794. The van der Waals surface area contributed by atoms with Crippen LogP contribution in [0.3, 0.4) is 0 Å². The van der Waals surface area contributed by atoms with Crippen molar-refractivity contribution in [2.45, 2.75) is 24.9 Å². The number of pyridine rings is 2. The van der Waals surface area contributed by atoms with Gasteiger partial charge in [-0.1, -0.05) is 13.0 Å². The van der Waals surface area contributed by atoms with Crippen molar-refractivity contribution in [2.24, 2.45) is 0 Å². The van der Waals surface area contributed by atoms with Crippen molar-refractivity contribution >= 4 is 17.7 Å². The topological polar surface area (TPSA) is 46.1 Å². The van der Waals surface area contributed by atoms with E-state index in [1.807, 2.05) is 31.2 Å². The van der Waals surface area contributed by atoms with Gasteiger partial charge < -0.3 is 4.90 Å². The highest BCUT2D eigenvalue weighted by molar-refractivity contribution is 7.99. The number of hydrogen-bond donors (Lipinski definition) is 0. The summed E-state index contributed by atoms with van der Waals surface area (Å²) in [7, 11) is 1.80. The number of thioether (sulfide) groups is 1. The Morgan fingerprint density at radius 3 is 2.71 bits per heavy atom. The van der Waals surface area contributed by atoms with Crippen LogP contribution < -0.4 is 0 Å². The second kappa shape index (κ2) is 7.22. The van der Waals surface area contributed by atoms with Gasteiger partial charge in [0.05, 0.1) is 16.6 Å². The smallest absolute Gasteiger partial charge is 0.255 e. The molecule has 2 aromatic heterocycles. The lowest BCUT2D eigenvalue weighted by molar-refractivity contribution is 0.0742. The van der Waals surface area contributed by atoms with Gasteiger partial charge in [0, 0.05) is 25.6 Å². The maximum atomic E-state index is 12.5. The molecule has 2 aromatic rings. The first-order valence-electron chi connectivity index (χ1n) is 6.89. The molecule has 110 valence electrons. The molecule has 5 heteroatoms. The van der Waals surface area contributed by atoms with Crippen molar-refractivity contribution in [2.75, 3.05) is 12.8 Å². The molecule has 0 N–H and O–H groups in total. The van der Waals surface area contributed by atoms with Gasteiger partial charge in [-0.05, 0) is 36.4 Å². The fourth-order valence-corrected chi connectivity index (χ4v) is 2.55. The van der Waals surface area contributed by atoms with Gasteiger partial charge in [0.2, 0.25) is 0 Å². The number of carbonyl (C=O) groups excluding carboxylic acids is 1. The van der Waals surface area contributed by atoms with E-state index in [-0.39, 0.29) is 11.9 Å². The Morgan fingerprint density at radius 2 is 2.14 bits per heavy atom. The molecule has 0 aliphatic carbocycles. The number of aromatic nitrogens is 2. The number of nitrogens with zero attached hydrogens (tertiary/aromatic N) is 3. The third kappa shape index (κ3) is 3.82. The zero-order valence-electron chi connectivity index (χ0n) is 12.5. The van der Waals surface area contributed by atoms with Crippen LogP contribution in [0.1, 0.15) is 35.8 Å². The fourth-order valence-electron chi connectivity index (χ4n) is 1.97. The highest BCUT2D eigenvalue weighted by Crippen LogP contribution is 2.20. The first-order chi connectivity index (χ1) is 10.1. The molecule has 0 fully saturated rings. The Kier molecular flexibility index (Phi) is 5.33. The number of carbonyl (C=O) groups is 1.